The van der Waals surface area contributed by atoms with E-state index in [2.05, 4.69) is 15.4 Å². The van der Waals surface area contributed by atoms with Gasteiger partial charge in [-0.05, 0) is 30.2 Å². The topological polar surface area (TPSA) is 69.0 Å². The SMILES string of the molecule is C[C@H](Oc1ccccc1)C(=O)NCc1ccc(Cn2cncn2)cc1. The summed E-state index contributed by atoms with van der Waals surface area (Å²) in [6, 6.07) is 17.4. The molecular formula is C19H20N4O2. The minimum Gasteiger partial charge on any atom is -0.481 e. The van der Waals surface area contributed by atoms with Crippen LogP contribution in [-0.4, -0.2) is 26.8 Å². The van der Waals surface area contributed by atoms with Crippen LogP contribution in [0.25, 0.3) is 0 Å². The number of aromatic nitrogens is 3. The molecule has 0 aliphatic heterocycles. The average Bonchev–Trinajstić information content (AvgIpc) is 3.14. The highest BCUT2D eigenvalue weighted by Gasteiger charge is 2.14. The molecule has 6 nitrogen and oxygen atoms in total. The van der Waals surface area contributed by atoms with E-state index in [0.717, 1.165) is 11.1 Å². The van der Waals surface area contributed by atoms with Gasteiger partial charge >= 0.3 is 0 Å². The molecule has 128 valence electrons. The zero-order valence-corrected chi connectivity index (χ0v) is 14.0. The number of amides is 1. The van der Waals surface area contributed by atoms with Crippen molar-refractivity contribution in [2.45, 2.75) is 26.1 Å². The van der Waals surface area contributed by atoms with Crippen molar-refractivity contribution in [3.05, 3.63) is 78.4 Å². The first kappa shape index (κ1) is 16.7. The van der Waals surface area contributed by atoms with Crippen LogP contribution in [-0.2, 0) is 17.9 Å². The number of hydrogen-bond donors (Lipinski definition) is 1. The number of rotatable bonds is 7. The maximum Gasteiger partial charge on any atom is 0.261 e. The van der Waals surface area contributed by atoms with E-state index >= 15 is 0 Å². The highest BCUT2D eigenvalue weighted by atomic mass is 16.5. The Bertz CT molecular complexity index is 786. The molecule has 1 aromatic heterocycles. The second-order valence-corrected chi connectivity index (χ2v) is 5.70. The third-order valence-electron chi connectivity index (χ3n) is 3.73. The van der Waals surface area contributed by atoms with Gasteiger partial charge < -0.3 is 10.1 Å². The van der Waals surface area contributed by atoms with E-state index in [-0.39, 0.29) is 5.91 Å². The molecule has 1 N–H and O–H groups in total. The number of benzene rings is 2. The Morgan fingerprint density at radius 1 is 1.12 bits per heavy atom. The highest BCUT2D eigenvalue weighted by molar-refractivity contribution is 5.80. The van der Waals surface area contributed by atoms with Crippen molar-refractivity contribution in [3.8, 4) is 5.75 Å². The summed E-state index contributed by atoms with van der Waals surface area (Å²) in [6.07, 6.45) is 2.65. The quantitative estimate of drug-likeness (QED) is 0.719. The van der Waals surface area contributed by atoms with Gasteiger partial charge in [-0.25, -0.2) is 9.67 Å². The fourth-order valence-corrected chi connectivity index (χ4v) is 2.35. The molecule has 1 heterocycles. The largest absolute Gasteiger partial charge is 0.481 e. The summed E-state index contributed by atoms with van der Waals surface area (Å²) in [6.45, 7) is 2.88. The molecule has 25 heavy (non-hydrogen) atoms. The molecule has 0 spiro atoms. The number of ether oxygens (including phenoxy) is 1. The molecule has 1 atom stereocenters. The fraction of sp³-hybridized carbons (Fsp3) is 0.211. The first-order valence-electron chi connectivity index (χ1n) is 8.10. The number of carbonyl (C=O) groups is 1. The number of nitrogens with zero attached hydrogens (tertiary/aromatic N) is 3. The Morgan fingerprint density at radius 3 is 2.52 bits per heavy atom. The lowest BCUT2D eigenvalue weighted by Crippen LogP contribution is -2.35. The molecule has 0 fully saturated rings. The maximum atomic E-state index is 12.1. The van der Waals surface area contributed by atoms with Crippen LogP contribution < -0.4 is 10.1 Å². The van der Waals surface area contributed by atoms with Crippen molar-refractivity contribution in [2.24, 2.45) is 0 Å². The molecule has 2 aromatic carbocycles. The molecule has 0 radical (unpaired) electrons. The van der Waals surface area contributed by atoms with Crippen molar-refractivity contribution in [2.75, 3.05) is 0 Å². The van der Waals surface area contributed by atoms with E-state index in [1.165, 1.54) is 6.33 Å². The number of hydrogen-bond acceptors (Lipinski definition) is 4. The molecule has 3 aromatic rings. The van der Waals surface area contributed by atoms with E-state index < -0.39 is 6.10 Å². The number of carbonyl (C=O) groups excluding carboxylic acids is 1. The standard InChI is InChI=1S/C19H20N4O2/c1-15(25-18-5-3-2-4-6-18)19(24)21-11-16-7-9-17(10-8-16)12-23-14-20-13-22-23/h2-10,13-15H,11-12H2,1H3,(H,21,24)/t15-/m0/s1. The third kappa shape index (κ3) is 4.91. The lowest BCUT2D eigenvalue weighted by atomic mass is 10.1. The van der Waals surface area contributed by atoms with Crippen molar-refractivity contribution in [3.63, 3.8) is 0 Å². The zero-order chi connectivity index (χ0) is 17.5. The minimum absolute atomic E-state index is 0.143. The summed E-state index contributed by atoms with van der Waals surface area (Å²) >= 11 is 0. The van der Waals surface area contributed by atoms with E-state index in [1.54, 1.807) is 17.9 Å². The van der Waals surface area contributed by atoms with Gasteiger partial charge in [-0.15, -0.1) is 0 Å². The summed E-state index contributed by atoms with van der Waals surface area (Å²) in [5, 5.41) is 6.97. The van der Waals surface area contributed by atoms with E-state index in [4.69, 9.17) is 4.74 Å². The van der Waals surface area contributed by atoms with E-state index in [9.17, 15) is 4.79 Å². The lowest BCUT2D eigenvalue weighted by Gasteiger charge is -2.14. The van der Waals surface area contributed by atoms with Gasteiger partial charge in [0.25, 0.3) is 5.91 Å². The summed E-state index contributed by atoms with van der Waals surface area (Å²) in [5.41, 5.74) is 2.16. The fourth-order valence-electron chi connectivity index (χ4n) is 2.35. The average molecular weight is 336 g/mol. The van der Waals surface area contributed by atoms with Gasteiger partial charge in [0, 0.05) is 6.54 Å². The smallest absolute Gasteiger partial charge is 0.261 e. The van der Waals surface area contributed by atoms with Crippen LogP contribution in [0.3, 0.4) is 0 Å². The van der Waals surface area contributed by atoms with Crippen LogP contribution in [0.5, 0.6) is 5.75 Å². The number of nitrogens with one attached hydrogen (secondary N) is 1. The molecule has 0 unspecified atom stereocenters. The summed E-state index contributed by atoms with van der Waals surface area (Å²) in [4.78, 5) is 16.1. The van der Waals surface area contributed by atoms with Gasteiger partial charge in [-0.2, -0.15) is 5.10 Å². The molecule has 1 amide bonds. The second-order valence-electron chi connectivity index (χ2n) is 5.70. The van der Waals surface area contributed by atoms with Gasteiger partial charge in [0.2, 0.25) is 0 Å². The maximum absolute atomic E-state index is 12.1. The highest BCUT2D eigenvalue weighted by Crippen LogP contribution is 2.11. The number of para-hydroxylation sites is 1. The monoisotopic (exact) mass is 336 g/mol. The minimum atomic E-state index is -0.547. The summed E-state index contributed by atoms with van der Waals surface area (Å²) < 4.78 is 7.38. The molecule has 0 saturated carbocycles. The van der Waals surface area contributed by atoms with Crippen LogP contribution in [0.2, 0.25) is 0 Å². The zero-order valence-electron chi connectivity index (χ0n) is 14.0. The Morgan fingerprint density at radius 2 is 1.84 bits per heavy atom. The Hall–Kier alpha value is -3.15. The molecule has 0 bridgehead atoms. The molecular weight excluding hydrogens is 316 g/mol. The molecule has 6 heteroatoms. The molecule has 0 aliphatic carbocycles. The predicted molar refractivity (Wildman–Crippen MR) is 93.9 cm³/mol. The van der Waals surface area contributed by atoms with Crippen LogP contribution in [0.4, 0.5) is 0 Å². The van der Waals surface area contributed by atoms with Crippen LogP contribution in [0.15, 0.2) is 67.3 Å². The molecule has 3 rings (SSSR count). The van der Waals surface area contributed by atoms with E-state index in [1.807, 2.05) is 54.6 Å². The first-order valence-corrected chi connectivity index (χ1v) is 8.10. The normalized spacial score (nSPS) is 11.7. The van der Waals surface area contributed by atoms with Gasteiger partial charge in [-0.1, -0.05) is 42.5 Å². The van der Waals surface area contributed by atoms with Crippen molar-refractivity contribution >= 4 is 5.91 Å². The molecule has 0 aliphatic rings. The van der Waals surface area contributed by atoms with Crippen LogP contribution in [0, 0.1) is 0 Å². The van der Waals surface area contributed by atoms with Crippen molar-refractivity contribution < 1.29 is 9.53 Å². The summed E-state index contributed by atoms with van der Waals surface area (Å²) in [5.74, 6) is 0.540. The van der Waals surface area contributed by atoms with Crippen molar-refractivity contribution in [1.82, 2.24) is 20.1 Å². The first-order chi connectivity index (χ1) is 12.2. The van der Waals surface area contributed by atoms with Crippen LogP contribution in [0.1, 0.15) is 18.1 Å². The Labute approximate surface area is 146 Å². The Kier molecular flexibility index (Phi) is 5.41. The van der Waals surface area contributed by atoms with Gasteiger partial charge in [-0.3, -0.25) is 4.79 Å². The van der Waals surface area contributed by atoms with Crippen LogP contribution >= 0.6 is 0 Å². The van der Waals surface area contributed by atoms with Gasteiger partial charge in [0.1, 0.15) is 18.4 Å². The van der Waals surface area contributed by atoms with Gasteiger partial charge in [0.15, 0.2) is 6.10 Å². The predicted octanol–water partition coefficient (Wildman–Crippen LogP) is 2.41. The lowest BCUT2D eigenvalue weighted by molar-refractivity contribution is -0.127. The van der Waals surface area contributed by atoms with E-state index in [0.29, 0.717) is 18.8 Å². The Balaban J connectivity index is 1.48. The third-order valence-corrected chi connectivity index (χ3v) is 3.73. The molecule has 0 saturated heterocycles. The van der Waals surface area contributed by atoms with Gasteiger partial charge in [0.05, 0.1) is 6.54 Å². The second kappa shape index (κ2) is 8.10. The van der Waals surface area contributed by atoms with Crippen molar-refractivity contribution in [1.29, 1.82) is 0 Å². The summed E-state index contributed by atoms with van der Waals surface area (Å²) in [7, 11) is 0.